The van der Waals surface area contributed by atoms with Gasteiger partial charge in [-0.05, 0) is 37.8 Å². The van der Waals surface area contributed by atoms with Gasteiger partial charge in [0.15, 0.2) is 5.78 Å². The van der Waals surface area contributed by atoms with Crippen LogP contribution in [0.3, 0.4) is 0 Å². The molecule has 2 heterocycles. The number of carbonyl (C=O) groups is 4. The molecule has 1 aliphatic carbocycles. The minimum absolute atomic E-state index is 0.00746. The second-order valence-corrected chi connectivity index (χ2v) is 11.2. The van der Waals surface area contributed by atoms with Gasteiger partial charge in [-0.25, -0.2) is 13.2 Å². The van der Waals surface area contributed by atoms with Crippen LogP contribution in [0.15, 0.2) is 29.2 Å². The van der Waals surface area contributed by atoms with E-state index >= 15 is 0 Å². The van der Waals surface area contributed by atoms with Gasteiger partial charge in [0.1, 0.15) is 12.1 Å². The maximum Gasteiger partial charge on any atom is 0.325 e. The van der Waals surface area contributed by atoms with E-state index in [9.17, 15) is 27.6 Å². The maximum atomic E-state index is 13.1. The van der Waals surface area contributed by atoms with Gasteiger partial charge in [0.05, 0.1) is 4.90 Å². The number of amides is 4. The van der Waals surface area contributed by atoms with Crippen LogP contribution in [0.5, 0.6) is 0 Å². The molecule has 2 aliphatic heterocycles. The first-order chi connectivity index (χ1) is 16.1. The Hall–Kier alpha value is -2.79. The molecule has 11 heteroatoms. The summed E-state index contributed by atoms with van der Waals surface area (Å²) in [6.45, 7) is 3.43. The molecule has 1 aromatic carbocycles. The van der Waals surface area contributed by atoms with Crippen LogP contribution in [0.1, 0.15) is 49.9 Å². The molecule has 1 spiro atoms. The zero-order valence-corrected chi connectivity index (χ0v) is 20.3. The summed E-state index contributed by atoms with van der Waals surface area (Å²) in [6, 6.07) is 5.35. The van der Waals surface area contributed by atoms with E-state index in [-0.39, 0.29) is 61.1 Å². The van der Waals surface area contributed by atoms with Crippen molar-refractivity contribution in [3.63, 3.8) is 0 Å². The zero-order valence-electron chi connectivity index (χ0n) is 19.5. The molecule has 3 aliphatic rings. The van der Waals surface area contributed by atoms with Crippen molar-refractivity contribution < 1.29 is 27.6 Å². The normalized spacial score (nSPS) is 26.1. The van der Waals surface area contributed by atoms with Gasteiger partial charge in [-0.2, -0.15) is 4.31 Å². The van der Waals surface area contributed by atoms with Crippen LogP contribution in [0.25, 0.3) is 0 Å². The number of rotatable bonds is 5. The summed E-state index contributed by atoms with van der Waals surface area (Å²) in [5.41, 5.74) is -0.606. The lowest BCUT2D eigenvalue weighted by Crippen LogP contribution is -2.55. The third-order valence-electron chi connectivity index (χ3n) is 7.26. The number of ketones is 1. The van der Waals surface area contributed by atoms with Crippen molar-refractivity contribution in [3.8, 4) is 0 Å². The molecule has 0 radical (unpaired) electrons. The van der Waals surface area contributed by atoms with E-state index in [1.807, 2.05) is 6.92 Å². The number of hydrogen-bond acceptors (Lipinski definition) is 6. The number of Topliss-reactive ketones (excluding diaryl/α,β-unsaturated/α-hetero) is 1. The summed E-state index contributed by atoms with van der Waals surface area (Å²) in [4.78, 5) is 52.7. The summed E-state index contributed by atoms with van der Waals surface area (Å²) in [5.74, 6) is -0.949. The standard InChI is InChI=1S/C23H30N4O6S/c1-16-6-3-4-9-23(16)21(30)27(22(31)24-23)15-20(29)25-10-12-26(13-11-25)34(32,33)19-8-5-7-18(14-19)17(2)28/h5,7-8,14,16H,3-4,6,9-13,15H2,1-2H3,(H,24,31)/t16-,23+/m0/s1. The lowest BCUT2D eigenvalue weighted by atomic mass is 9.73. The van der Waals surface area contributed by atoms with Crippen molar-refractivity contribution in [2.75, 3.05) is 32.7 Å². The molecule has 1 saturated carbocycles. The van der Waals surface area contributed by atoms with Crippen molar-refractivity contribution in [2.45, 2.75) is 50.0 Å². The SMILES string of the molecule is CC(=O)c1cccc(S(=O)(=O)N2CCN(C(=O)CN3C(=O)N[C@@]4(CCCC[C@@H]4C)C3=O)CC2)c1. The summed E-state index contributed by atoms with van der Waals surface area (Å²) in [5, 5.41) is 2.84. The molecule has 3 fully saturated rings. The van der Waals surface area contributed by atoms with E-state index < -0.39 is 21.6 Å². The second kappa shape index (κ2) is 9.10. The smallest absolute Gasteiger partial charge is 0.325 e. The highest BCUT2D eigenvalue weighted by Gasteiger charge is 2.55. The van der Waals surface area contributed by atoms with E-state index in [1.165, 1.54) is 34.3 Å². The van der Waals surface area contributed by atoms with Crippen LogP contribution in [0, 0.1) is 5.92 Å². The number of carbonyl (C=O) groups excluding carboxylic acids is 4. The van der Waals surface area contributed by atoms with Crippen LogP contribution in [0.2, 0.25) is 0 Å². The van der Waals surface area contributed by atoms with Crippen molar-refractivity contribution in [3.05, 3.63) is 29.8 Å². The molecule has 4 rings (SSSR count). The van der Waals surface area contributed by atoms with Gasteiger partial charge in [-0.1, -0.05) is 31.9 Å². The van der Waals surface area contributed by atoms with E-state index in [4.69, 9.17) is 0 Å². The monoisotopic (exact) mass is 490 g/mol. The van der Waals surface area contributed by atoms with Crippen LogP contribution in [-0.4, -0.2) is 84.4 Å². The van der Waals surface area contributed by atoms with Gasteiger partial charge in [0, 0.05) is 31.7 Å². The van der Waals surface area contributed by atoms with Crippen LogP contribution >= 0.6 is 0 Å². The number of nitrogens with one attached hydrogen (secondary N) is 1. The minimum atomic E-state index is -3.82. The van der Waals surface area contributed by atoms with Gasteiger partial charge in [-0.15, -0.1) is 0 Å². The first-order valence-corrected chi connectivity index (χ1v) is 13.0. The van der Waals surface area contributed by atoms with Crippen LogP contribution in [-0.2, 0) is 19.6 Å². The molecule has 34 heavy (non-hydrogen) atoms. The topological polar surface area (TPSA) is 124 Å². The highest BCUT2D eigenvalue weighted by molar-refractivity contribution is 7.89. The molecule has 2 atom stereocenters. The molecule has 184 valence electrons. The average Bonchev–Trinajstić information content (AvgIpc) is 3.06. The number of hydrogen-bond donors (Lipinski definition) is 1. The van der Waals surface area contributed by atoms with Crippen molar-refractivity contribution in [1.82, 2.24) is 19.4 Å². The Morgan fingerprint density at radius 1 is 1.12 bits per heavy atom. The zero-order chi connectivity index (χ0) is 24.7. The largest absolute Gasteiger partial charge is 0.338 e. The number of benzene rings is 1. The van der Waals surface area contributed by atoms with Crippen LogP contribution < -0.4 is 5.32 Å². The third kappa shape index (κ3) is 4.22. The number of imide groups is 1. The summed E-state index contributed by atoms with van der Waals surface area (Å²) in [7, 11) is -3.82. The Morgan fingerprint density at radius 2 is 1.82 bits per heavy atom. The summed E-state index contributed by atoms with van der Waals surface area (Å²) < 4.78 is 27.3. The summed E-state index contributed by atoms with van der Waals surface area (Å²) >= 11 is 0. The highest BCUT2D eigenvalue weighted by atomic mass is 32.2. The number of piperazine rings is 1. The molecule has 0 bridgehead atoms. The second-order valence-electron chi connectivity index (χ2n) is 9.31. The molecule has 1 N–H and O–H groups in total. The van der Waals surface area contributed by atoms with Gasteiger partial charge in [0.25, 0.3) is 5.91 Å². The Bertz CT molecular complexity index is 1130. The number of nitrogens with zero attached hydrogens (tertiary/aromatic N) is 3. The molecule has 0 aromatic heterocycles. The highest BCUT2D eigenvalue weighted by Crippen LogP contribution is 2.38. The predicted octanol–water partition coefficient (Wildman–Crippen LogP) is 1.22. The lowest BCUT2D eigenvalue weighted by Gasteiger charge is -2.37. The molecule has 10 nitrogen and oxygen atoms in total. The van der Waals surface area contributed by atoms with Gasteiger partial charge in [-0.3, -0.25) is 19.3 Å². The number of urea groups is 1. The Labute approximate surface area is 199 Å². The van der Waals surface area contributed by atoms with Crippen LogP contribution in [0.4, 0.5) is 4.79 Å². The molecule has 1 aromatic rings. The van der Waals surface area contributed by atoms with Crippen molar-refractivity contribution in [2.24, 2.45) is 5.92 Å². The molecule has 4 amide bonds. The van der Waals surface area contributed by atoms with Crippen molar-refractivity contribution >= 4 is 33.7 Å². The first-order valence-electron chi connectivity index (χ1n) is 11.6. The van der Waals surface area contributed by atoms with E-state index in [2.05, 4.69) is 5.32 Å². The van der Waals surface area contributed by atoms with Crippen molar-refractivity contribution in [1.29, 1.82) is 0 Å². The Kier molecular flexibility index (Phi) is 6.52. The Morgan fingerprint density at radius 3 is 2.47 bits per heavy atom. The molecular weight excluding hydrogens is 460 g/mol. The predicted molar refractivity (Wildman–Crippen MR) is 122 cm³/mol. The summed E-state index contributed by atoms with van der Waals surface area (Å²) in [6.07, 6.45) is 3.28. The Balaban J connectivity index is 1.38. The lowest BCUT2D eigenvalue weighted by molar-refractivity contribution is -0.141. The number of sulfonamides is 1. The first kappa shape index (κ1) is 24.3. The fraction of sp³-hybridized carbons (Fsp3) is 0.565. The minimum Gasteiger partial charge on any atom is -0.338 e. The van der Waals surface area contributed by atoms with Gasteiger partial charge < -0.3 is 10.2 Å². The molecule has 2 saturated heterocycles. The average molecular weight is 491 g/mol. The molecular formula is C23H30N4O6S. The maximum absolute atomic E-state index is 13.1. The quantitative estimate of drug-likeness (QED) is 0.489. The fourth-order valence-electron chi connectivity index (χ4n) is 5.08. The fourth-order valence-corrected chi connectivity index (χ4v) is 6.55. The third-order valence-corrected chi connectivity index (χ3v) is 9.16. The van der Waals surface area contributed by atoms with Gasteiger partial charge >= 0.3 is 6.03 Å². The van der Waals surface area contributed by atoms with E-state index in [0.29, 0.717) is 12.0 Å². The van der Waals surface area contributed by atoms with E-state index in [1.54, 1.807) is 6.07 Å². The van der Waals surface area contributed by atoms with E-state index in [0.717, 1.165) is 24.2 Å². The van der Waals surface area contributed by atoms with Gasteiger partial charge in [0.2, 0.25) is 15.9 Å². The molecule has 0 unspecified atom stereocenters.